The number of nitrogens with one attached hydrogen (secondary N) is 1. The third-order valence-electron chi connectivity index (χ3n) is 4.01. The zero-order chi connectivity index (χ0) is 12.7. The number of carbonyl (C=O) groups excluding carboxylic acids is 1. The molecule has 0 radical (unpaired) electrons. The molecule has 1 amide bonds. The van der Waals surface area contributed by atoms with Crippen molar-refractivity contribution in [3.63, 3.8) is 0 Å². The third-order valence-corrected chi connectivity index (χ3v) is 4.51. The fourth-order valence-corrected chi connectivity index (χ4v) is 3.25. The molecule has 3 rings (SSSR count). The number of fused-ring (bicyclic) bond motifs is 1. The van der Waals surface area contributed by atoms with Crippen LogP contribution < -0.4 is 5.32 Å². The molecule has 0 aliphatic carbocycles. The number of halogens is 1. The van der Waals surface area contributed by atoms with Gasteiger partial charge in [-0.2, -0.15) is 0 Å². The molecule has 2 aliphatic rings. The Morgan fingerprint density at radius 2 is 2.28 bits per heavy atom. The lowest BCUT2D eigenvalue weighted by Gasteiger charge is -2.22. The van der Waals surface area contributed by atoms with Crippen LogP contribution in [0.1, 0.15) is 24.8 Å². The summed E-state index contributed by atoms with van der Waals surface area (Å²) < 4.78 is 0. The standard InChI is InChI=1S/C14H17ClN2O/c1-9-4-2-5-10(14(9)15)16-11-8-13(18)17-7-3-6-12(11)17/h2,4-5,11-12,16H,3,6-8H2,1H3. The van der Waals surface area contributed by atoms with Crippen LogP contribution in [-0.4, -0.2) is 29.4 Å². The molecule has 1 aromatic rings. The molecule has 2 fully saturated rings. The average molecular weight is 265 g/mol. The highest BCUT2D eigenvalue weighted by molar-refractivity contribution is 6.34. The molecule has 2 atom stereocenters. The number of rotatable bonds is 2. The molecule has 0 spiro atoms. The van der Waals surface area contributed by atoms with E-state index in [1.807, 2.05) is 30.0 Å². The van der Waals surface area contributed by atoms with Gasteiger partial charge in [0.05, 0.1) is 22.8 Å². The SMILES string of the molecule is Cc1cccc(NC2CC(=O)N3CCCC23)c1Cl. The van der Waals surface area contributed by atoms with Crippen LogP contribution in [0.3, 0.4) is 0 Å². The van der Waals surface area contributed by atoms with Crippen molar-refractivity contribution in [2.45, 2.75) is 38.3 Å². The van der Waals surface area contributed by atoms with Gasteiger partial charge >= 0.3 is 0 Å². The van der Waals surface area contributed by atoms with Crippen molar-refractivity contribution < 1.29 is 4.79 Å². The number of anilines is 1. The van der Waals surface area contributed by atoms with Gasteiger partial charge in [-0.3, -0.25) is 4.79 Å². The van der Waals surface area contributed by atoms with E-state index < -0.39 is 0 Å². The minimum absolute atomic E-state index is 0.208. The van der Waals surface area contributed by atoms with Crippen molar-refractivity contribution in [2.24, 2.45) is 0 Å². The lowest BCUT2D eigenvalue weighted by molar-refractivity contribution is -0.127. The van der Waals surface area contributed by atoms with Gasteiger partial charge < -0.3 is 10.2 Å². The number of aryl methyl sites for hydroxylation is 1. The van der Waals surface area contributed by atoms with Crippen LogP contribution in [0.15, 0.2) is 18.2 Å². The zero-order valence-electron chi connectivity index (χ0n) is 10.4. The maximum atomic E-state index is 11.9. The first-order valence-electron chi connectivity index (χ1n) is 6.48. The summed E-state index contributed by atoms with van der Waals surface area (Å²) in [5.41, 5.74) is 2.01. The maximum Gasteiger partial charge on any atom is 0.225 e. The lowest BCUT2D eigenvalue weighted by Crippen LogP contribution is -2.34. The molecule has 0 saturated carbocycles. The van der Waals surface area contributed by atoms with E-state index in [2.05, 4.69) is 5.32 Å². The third kappa shape index (κ3) is 1.87. The Morgan fingerprint density at radius 3 is 3.11 bits per heavy atom. The molecule has 3 nitrogen and oxygen atoms in total. The van der Waals surface area contributed by atoms with Crippen molar-refractivity contribution in [3.8, 4) is 0 Å². The number of hydrogen-bond donors (Lipinski definition) is 1. The van der Waals surface area contributed by atoms with Gasteiger partial charge in [-0.25, -0.2) is 0 Å². The summed E-state index contributed by atoms with van der Waals surface area (Å²) in [4.78, 5) is 13.9. The van der Waals surface area contributed by atoms with Crippen molar-refractivity contribution in [1.29, 1.82) is 0 Å². The van der Waals surface area contributed by atoms with Crippen molar-refractivity contribution in [1.82, 2.24) is 4.90 Å². The zero-order valence-corrected chi connectivity index (χ0v) is 11.2. The Labute approximate surface area is 112 Å². The first-order chi connectivity index (χ1) is 8.66. The second-order valence-corrected chi connectivity index (χ2v) is 5.57. The normalized spacial score (nSPS) is 26.6. The average Bonchev–Trinajstić information content (AvgIpc) is 2.91. The molecule has 0 bridgehead atoms. The summed E-state index contributed by atoms with van der Waals surface area (Å²) in [7, 11) is 0. The minimum Gasteiger partial charge on any atom is -0.379 e. The van der Waals surface area contributed by atoms with Gasteiger partial charge in [-0.15, -0.1) is 0 Å². The molecule has 96 valence electrons. The Balaban J connectivity index is 1.81. The Morgan fingerprint density at radius 1 is 1.44 bits per heavy atom. The number of carbonyl (C=O) groups is 1. The topological polar surface area (TPSA) is 32.3 Å². The molecule has 1 aromatic carbocycles. The van der Waals surface area contributed by atoms with E-state index in [-0.39, 0.29) is 11.9 Å². The van der Waals surface area contributed by atoms with E-state index in [1.54, 1.807) is 0 Å². The Bertz CT molecular complexity index is 489. The summed E-state index contributed by atoms with van der Waals surface area (Å²) in [6.07, 6.45) is 2.82. The van der Waals surface area contributed by atoms with Crippen LogP contribution in [-0.2, 0) is 4.79 Å². The second kappa shape index (κ2) is 4.47. The molecule has 2 saturated heterocycles. The van der Waals surface area contributed by atoms with E-state index in [0.29, 0.717) is 12.5 Å². The van der Waals surface area contributed by atoms with Gasteiger partial charge in [0.2, 0.25) is 5.91 Å². The number of amides is 1. The van der Waals surface area contributed by atoms with Crippen LogP contribution in [0.25, 0.3) is 0 Å². The van der Waals surface area contributed by atoms with Crippen molar-refractivity contribution in [3.05, 3.63) is 28.8 Å². The molecular formula is C14H17ClN2O. The second-order valence-electron chi connectivity index (χ2n) is 5.19. The molecule has 0 aromatic heterocycles. The van der Waals surface area contributed by atoms with E-state index in [0.717, 1.165) is 35.7 Å². The van der Waals surface area contributed by atoms with Gasteiger partial charge in [0, 0.05) is 13.0 Å². The van der Waals surface area contributed by atoms with Crippen molar-refractivity contribution >= 4 is 23.2 Å². The molecule has 2 aliphatic heterocycles. The van der Waals surface area contributed by atoms with Gasteiger partial charge in [0.1, 0.15) is 0 Å². The summed E-state index contributed by atoms with van der Waals surface area (Å²) in [5.74, 6) is 0.277. The van der Waals surface area contributed by atoms with Crippen molar-refractivity contribution in [2.75, 3.05) is 11.9 Å². The summed E-state index contributed by atoms with van der Waals surface area (Å²) in [6.45, 7) is 2.92. The predicted molar refractivity (Wildman–Crippen MR) is 73.0 cm³/mol. The number of hydrogen-bond acceptors (Lipinski definition) is 2. The fraction of sp³-hybridized carbons (Fsp3) is 0.500. The molecule has 2 heterocycles. The molecular weight excluding hydrogens is 248 g/mol. The molecule has 1 N–H and O–H groups in total. The highest BCUT2D eigenvalue weighted by atomic mass is 35.5. The Hall–Kier alpha value is -1.22. The number of nitrogens with zero attached hydrogens (tertiary/aromatic N) is 1. The van der Waals surface area contributed by atoms with Gasteiger partial charge in [-0.1, -0.05) is 23.7 Å². The van der Waals surface area contributed by atoms with Gasteiger partial charge in [0.25, 0.3) is 0 Å². The maximum absolute atomic E-state index is 11.9. The van der Waals surface area contributed by atoms with Gasteiger partial charge in [0.15, 0.2) is 0 Å². The number of benzene rings is 1. The smallest absolute Gasteiger partial charge is 0.225 e. The van der Waals surface area contributed by atoms with E-state index in [1.165, 1.54) is 0 Å². The summed E-state index contributed by atoms with van der Waals surface area (Å²) in [5, 5.41) is 4.22. The molecule has 2 unspecified atom stereocenters. The van der Waals surface area contributed by atoms with Gasteiger partial charge in [-0.05, 0) is 31.4 Å². The molecule has 4 heteroatoms. The van der Waals surface area contributed by atoms with Crippen LogP contribution in [0.2, 0.25) is 5.02 Å². The monoisotopic (exact) mass is 264 g/mol. The van der Waals surface area contributed by atoms with Crippen LogP contribution in [0, 0.1) is 6.92 Å². The largest absolute Gasteiger partial charge is 0.379 e. The first-order valence-corrected chi connectivity index (χ1v) is 6.86. The predicted octanol–water partition coefficient (Wildman–Crippen LogP) is 2.82. The van der Waals surface area contributed by atoms with E-state index in [4.69, 9.17) is 11.6 Å². The first kappa shape index (κ1) is 11.8. The molecule has 18 heavy (non-hydrogen) atoms. The fourth-order valence-electron chi connectivity index (χ4n) is 3.07. The highest BCUT2D eigenvalue weighted by Crippen LogP contribution is 2.33. The van der Waals surface area contributed by atoms with E-state index >= 15 is 0 Å². The highest BCUT2D eigenvalue weighted by Gasteiger charge is 2.42. The van der Waals surface area contributed by atoms with Crippen LogP contribution in [0.4, 0.5) is 5.69 Å². The summed E-state index contributed by atoms with van der Waals surface area (Å²) in [6, 6.07) is 6.53. The Kier molecular flexibility index (Phi) is 2.94. The summed E-state index contributed by atoms with van der Waals surface area (Å²) >= 11 is 6.29. The lowest BCUT2D eigenvalue weighted by atomic mass is 10.1. The van der Waals surface area contributed by atoms with Crippen LogP contribution in [0.5, 0.6) is 0 Å². The quantitative estimate of drug-likeness (QED) is 0.891. The minimum atomic E-state index is 0.208. The van der Waals surface area contributed by atoms with Crippen LogP contribution >= 0.6 is 11.6 Å². The van der Waals surface area contributed by atoms with E-state index in [9.17, 15) is 4.79 Å².